The first kappa shape index (κ1) is 14.7. The Kier molecular flexibility index (Phi) is 3.88. The van der Waals surface area contributed by atoms with Gasteiger partial charge in [0.25, 0.3) is 5.56 Å². The average Bonchev–Trinajstić information content (AvgIpc) is 2.75. The van der Waals surface area contributed by atoms with Crippen LogP contribution in [0.1, 0.15) is 56.4 Å². The maximum Gasteiger partial charge on any atom is 0.260 e. The molecule has 0 spiro atoms. The molecule has 5 heteroatoms. The number of hydrogen-bond donors (Lipinski definition) is 2. The third-order valence-corrected chi connectivity index (χ3v) is 5.44. The van der Waals surface area contributed by atoms with Crippen molar-refractivity contribution in [1.29, 1.82) is 0 Å². The molecule has 0 saturated carbocycles. The zero-order valence-corrected chi connectivity index (χ0v) is 14.0. The summed E-state index contributed by atoms with van der Waals surface area (Å²) in [6, 6.07) is 0.665. The molecule has 0 saturated heterocycles. The number of nitrogens with one attached hydrogen (secondary N) is 1. The summed E-state index contributed by atoms with van der Waals surface area (Å²) in [6.45, 7) is 8.69. The summed E-state index contributed by atoms with van der Waals surface area (Å²) in [6.07, 6.45) is 3.30. The minimum Gasteiger partial charge on any atom is -0.336 e. The van der Waals surface area contributed by atoms with E-state index in [1.807, 2.05) is 0 Å². The number of nitrogens with zero attached hydrogens (tertiary/aromatic N) is 1. The fraction of sp³-hybridized carbons (Fsp3) is 0.625. The van der Waals surface area contributed by atoms with Crippen molar-refractivity contribution in [2.24, 2.45) is 5.92 Å². The van der Waals surface area contributed by atoms with Crippen molar-refractivity contribution in [1.82, 2.24) is 9.97 Å². The molecule has 4 nitrogen and oxygen atoms in total. The molecular weight excluding hydrogens is 282 g/mol. The molecule has 0 bridgehead atoms. The van der Waals surface area contributed by atoms with Crippen LogP contribution in [0.25, 0.3) is 10.2 Å². The van der Waals surface area contributed by atoms with Gasteiger partial charge in [-0.05, 0) is 51.5 Å². The first-order valence-electron chi connectivity index (χ1n) is 7.85. The van der Waals surface area contributed by atoms with E-state index in [1.54, 1.807) is 11.3 Å². The molecule has 0 radical (unpaired) electrons. The summed E-state index contributed by atoms with van der Waals surface area (Å²) in [7, 11) is 0. The molecule has 1 aliphatic carbocycles. The molecular formula is C16H24N3OS+. The average molecular weight is 306 g/mol. The predicted molar refractivity (Wildman–Crippen MR) is 86.9 cm³/mol. The molecule has 3 N–H and O–H groups in total. The van der Waals surface area contributed by atoms with E-state index in [2.05, 4.69) is 38.0 Å². The summed E-state index contributed by atoms with van der Waals surface area (Å²) in [5.41, 5.74) is 1.31. The smallest absolute Gasteiger partial charge is 0.260 e. The van der Waals surface area contributed by atoms with Crippen molar-refractivity contribution in [2.45, 2.75) is 59.0 Å². The van der Waals surface area contributed by atoms with Crippen LogP contribution >= 0.6 is 11.3 Å². The van der Waals surface area contributed by atoms with Gasteiger partial charge in [0.05, 0.1) is 11.4 Å². The SMILES string of the molecule is CC(C)[NH2+][C@@H](C)c1nc2sc3c(c2c(=O)[nH]1)CC[C@@H](C)C3. The second-order valence-corrected chi connectivity index (χ2v) is 7.79. The zero-order chi connectivity index (χ0) is 15.1. The highest BCUT2D eigenvalue weighted by molar-refractivity contribution is 7.18. The van der Waals surface area contributed by atoms with Crippen LogP contribution in [0, 0.1) is 5.92 Å². The Morgan fingerprint density at radius 2 is 2.14 bits per heavy atom. The summed E-state index contributed by atoms with van der Waals surface area (Å²) < 4.78 is 0. The number of aryl methyl sites for hydroxylation is 1. The third kappa shape index (κ3) is 2.77. The fourth-order valence-electron chi connectivity index (χ4n) is 3.25. The first-order chi connectivity index (χ1) is 9.95. The molecule has 21 heavy (non-hydrogen) atoms. The molecule has 0 fully saturated rings. The van der Waals surface area contributed by atoms with Crippen molar-refractivity contribution in [3.63, 3.8) is 0 Å². The molecule has 2 atom stereocenters. The number of H-pyrrole nitrogens is 1. The van der Waals surface area contributed by atoms with E-state index in [9.17, 15) is 4.79 Å². The standard InChI is InChI=1S/C16H23N3OS/c1-8(2)17-10(4)14-18-15(20)13-11-6-5-9(3)7-12(11)21-16(13)19-14/h8-10,17H,5-7H2,1-4H3,(H,18,19,20)/p+1/t9-,10+/m1/s1. The number of fused-ring (bicyclic) bond motifs is 3. The van der Waals surface area contributed by atoms with Gasteiger partial charge in [0, 0.05) is 4.88 Å². The number of rotatable bonds is 3. The molecule has 3 rings (SSSR count). The lowest BCUT2D eigenvalue weighted by Gasteiger charge is -2.17. The van der Waals surface area contributed by atoms with Crippen LogP contribution in [-0.4, -0.2) is 16.0 Å². The Bertz CT molecular complexity index is 716. The normalized spacial score (nSPS) is 20.0. The number of aromatic amines is 1. The summed E-state index contributed by atoms with van der Waals surface area (Å²) in [5.74, 6) is 1.52. The molecule has 1 aliphatic rings. The van der Waals surface area contributed by atoms with E-state index < -0.39 is 0 Å². The molecule has 0 aromatic carbocycles. The number of aromatic nitrogens is 2. The molecule has 0 aliphatic heterocycles. The van der Waals surface area contributed by atoms with Crippen LogP contribution in [0.3, 0.4) is 0 Å². The van der Waals surface area contributed by atoms with Gasteiger partial charge in [-0.1, -0.05) is 6.92 Å². The topological polar surface area (TPSA) is 62.4 Å². The van der Waals surface area contributed by atoms with Gasteiger partial charge in [0.2, 0.25) is 0 Å². The number of thiophene rings is 1. The maximum absolute atomic E-state index is 12.5. The minimum absolute atomic E-state index is 0.0473. The summed E-state index contributed by atoms with van der Waals surface area (Å²) in [5, 5.41) is 3.07. The van der Waals surface area contributed by atoms with Gasteiger partial charge in [-0.15, -0.1) is 11.3 Å². The van der Waals surface area contributed by atoms with E-state index in [0.717, 1.165) is 34.8 Å². The lowest BCUT2D eigenvalue weighted by atomic mass is 9.89. The van der Waals surface area contributed by atoms with Gasteiger partial charge in [-0.3, -0.25) is 4.79 Å². The zero-order valence-electron chi connectivity index (χ0n) is 13.2. The second kappa shape index (κ2) is 5.54. The van der Waals surface area contributed by atoms with Crippen LogP contribution in [0.15, 0.2) is 4.79 Å². The van der Waals surface area contributed by atoms with Crippen molar-refractivity contribution < 1.29 is 5.32 Å². The van der Waals surface area contributed by atoms with Gasteiger partial charge in [0.15, 0.2) is 5.82 Å². The van der Waals surface area contributed by atoms with E-state index in [1.165, 1.54) is 16.9 Å². The Labute approximate surface area is 129 Å². The number of hydrogen-bond acceptors (Lipinski definition) is 3. The van der Waals surface area contributed by atoms with Crippen LogP contribution in [0.5, 0.6) is 0 Å². The number of quaternary nitrogens is 1. The van der Waals surface area contributed by atoms with Gasteiger partial charge >= 0.3 is 0 Å². The van der Waals surface area contributed by atoms with Gasteiger partial charge in [-0.2, -0.15) is 0 Å². The van der Waals surface area contributed by atoms with Crippen molar-refractivity contribution in [3.05, 3.63) is 26.6 Å². The van der Waals surface area contributed by atoms with Crippen LogP contribution in [0.2, 0.25) is 0 Å². The van der Waals surface area contributed by atoms with Crippen molar-refractivity contribution in [3.8, 4) is 0 Å². The first-order valence-corrected chi connectivity index (χ1v) is 8.66. The number of nitrogens with two attached hydrogens (primary N) is 1. The van der Waals surface area contributed by atoms with Gasteiger partial charge in [-0.25, -0.2) is 4.98 Å². The predicted octanol–water partition coefficient (Wildman–Crippen LogP) is 2.14. The van der Waals surface area contributed by atoms with Crippen LogP contribution < -0.4 is 10.9 Å². The lowest BCUT2D eigenvalue weighted by molar-refractivity contribution is -0.720. The maximum atomic E-state index is 12.5. The molecule has 114 valence electrons. The fourth-order valence-corrected chi connectivity index (χ4v) is 4.64. The van der Waals surface area contributed by atoms with Crippen LogP contribution in [0.4, 0.5) is 0 Å². The van der Waals surface area contributed by atoms with E-state index in [0.29, 0.717) is 6.04 Å². The third-order valence-electron chi connectivity index (χ3n) is 4.29. The molecule has 0 amide bonds. The highest BCUT2D eigenvalue weighted by atomic mass is 32.1. The Balaban J connectivity index is 2.07. The molecule has 2 heterocycles. The minimum atomic E-state index is 0.0473. The highest BCUT2D eigenvalue weighted by Gasteiger charge is 2.24. The Morgan fingerprint density at radius 3 is 2.86 bits per heavy atom. The second-order valence-electron chi connectivity index (χ2n) is 6.71. The quantitative estimate of drug-likeness (QED) is 0.912. The lowest BCUT2D eigenvalue weighted by Crippen LogP contribution is -2.89. The van der Waals surface area contributed by atoms with Crippen molar-refractivity contribution in [2.75, 3.05) is 0 Å². The molecule has 0 unspecified atom stereocenters. The van der Waals surface area contributed by atoms with E-state index in [-0.39, 0.29) is 11.6 Å². The summed E-state index contributed by atoms with van der Waals surface area (Å²) in [4.78, 5) is 22.6. The summed E-state index contributed by atoms with van der Waals surface area (Å²) >= 11 is 1.72. The van der Waals surface area contributed by atoms with Crippen molar-refractivity contribution >= 4 is 21.6 Å². The highest BCUT2D eigenvalue weighted by Crippen LogP contribution is 2.35. The Morgan fingerprint density at radius 1 is 1.38 bits per heavy atom. The largest absolute Gasteiger partial charge is 0.336 e. The monoisotopic (exact) mass is 306 g/mol. The van der Waals surface area contributed by atoms with E-state index in [4.69, 9.17) is 4.98 Å². The Hall–Kier alpha value is -1.20. The van der Waals surface area contributed by atoms with E-state index >= 15 is 0 Å². The van der Waals surface area contributed by atoms with Gasteiger partial charge < -0.3 is 10.3 Å². The van der Waals surface area contributed by atoms with Crippen LogP contribution in [-0.2, 0) is 12.8 Å². The molecule has 2 aromatic rings. The van der Waals surface area contributed by atoms with Gasteiger partial charge in [0.1, 0.15) is 10.9 Å². The molecule has 2 aromatic heterocycles.